The van der Waals surface area contributed by atoms with Crippen molar-refractivity contribution in [3.05, 3.63) is 106 Å². The van der Waals surface area contributed by atoms with Gasteiger partial charge in [-0.2, -0.15) is 15.1 Å². The number of amides is 1. The molecule has 0 spiro atoms. The Bertz CT molecular complexity index is 1690. The van der Waals surface area contributed by atoms with E-state index in [4.69, 9.17) is 5.41 Å². The summed E-state index contributed by atoms with van der Waals surface area (Å²) in [5.41, 5.74) is 6.30. The topological polar surface area (TPSA) is 73.8 Å². The maximum absolute atomic E-state index is 13.0. The Balaban J connectivity index is 1.40. The minimum absolute atomic E-state index is 0.0371. The van der Waals surface area contributed by atoms with Gasteiger partial charge in [0.15, 0.2) is 5.84 Å². The minimum Gasteiger partial charge on any atom is -0.317 e. The van der Waals surface area contributed by atoms with Crippen molar-refractivity contribution in [2.24, 2.45) is 10.1 Å². The molecular weight excluding hydrogens is 466 g/mol. The van der Waals surface area contributed by atoms with Gasteiger partial charge in [0, 0.05) is 22.3 Å². The highest BCUT2D eigenvalue weighted by atomic mass is 32.2. The van der Waals surface area contributed by atoms with Crippen molar-refractivity contribution in [2.45, 2.75) is 20.8 Å². The van der Waals surface area contributed by atoms with Crippen LogP contribution in [0.1, 0.15) is 28.1 Å². The summed E-state index contributed by atoms with van der Waals surface area (Å²) in [5, 5.41) is 18.3. The van der Waals surface area contributed by atoms with Crippen LogP contribution in [-0.2, 0) is 4.79 Å². The Labute approximate surface area is 213 Å². The molecular formula is C29H23N5OS. The number of carbonyl (C=O) groups is 1. The number of benzene rings is 3. The fourth-order valence-corrected chi connectivity index (χ4v) is 5.64. The molecule has 4 aromatic rings. The molecule has 1 amide bonds. The van der Waals surface area contributed by atoms with Crippen LogP contribution in [0.15, 0.2) is 88.5 Å². The number of hydrogen-bond donors (Lipinski definition) is 1. The zero-order valence-electron chi connectivity index (χ0n) is 20.1. The summed E-state index contributed by atoms with van der Waals surface area (Å²) < 4.78 is 2.19. The molecule has 7 heteroatoms. The van der Waals surface area contributed by atoms with Gasteiger partial charge in [0.2, 0.25) is 5.17 Å². The predicted molar refractivity (Wildman–Crippen MR) is 148 cm³/mol. The highest BCUT2D eigenvalue weighted by molar-refractivity contribution is 8.27. The summed E-state index contributed by atoms with van der Waals surface area (Å²) in [6.45, 7) is 6.11. The highest BCUT2D eigenvalue weighted by Crippen LogP contribution is 2.33. The SMILES string of the molecule is Cc1cccc(C2=NN3C(=N)/C(=C\c4cc(C)n(-c5cccc6ccccc56)c4C)C(=O)N=C3S2)c1. The van der Waals surface area contributed by atoms with E-state index in [9.17, 15) is 4.79 Å². The summed E-state index contributed by atoms with van der Waals surface area (Å²) in [6.07, 6.45) is 1.76. The second-order valence-electron chi connectivity index (χ2n) is 8.95. The number of rotatable bonds is 3. The van der Waals surface area contributed by atoms with Gasteiger partial charge in [-0.3, -0.25) is 10.2 Å². The van der Waals surface area contributed by atoms with E-state index in [1.54, 1.807) is 6.08 Å². The molecule has 0 saturated carbocycles. The number of thioether (sulfide) groups is 1. The number of amidine groups is 2. The van der Waals surface area contributed by atoms with Crippen LogP contribution < -0.4 is 0 Å². The van der Waals surface area contributed by atoms with E-state index in [0.29, 0.717) is 5.17 Å². The Morgan fingerprint density at radius 3 is 2.56 bits per heavy atom. The average molecular weight is 490 g/mol. The van der Waals surface area contributed by atoms with E-state index >= 15 is 0 Å². The van der Waals surface area contributed by atoms with Crippen LogP contribution in [0.3, 0.4) is 0 Å². The summed E-state index contributed by atoms with van der Waals surface area (Å²) in [5.74, 6) is -0.385. The van der Waals surface area contributed by atoms with Crippen molar-refractivity contribution >= 4 is 50.6 Å². The Hall–Kier alpha value is -4.23. The number of hydrazone groups is 1. The van der Waals surface area contributed by atoms with Gasteiger partial charge in [-0.1, -0.05) is 60.2 Å². The quantitative estimate of drug-likeness (QED) is 0.347. The summed E-state index contributed by atoms with van der Waals surface area (Å²) in [6, 6.07) is 24.6. The number of nitrogens with one attached hydrogen (secondary N) is 1. The largest absolute Gasteiger partial charge is 0.317 e. The van der Waals surface area contributed by atoms with Crippen LogP contribution in [0.4, 0.5) is 0 Å². The van der Waals surface area contributed by atoms with Gasteiger partial charge in [0.25, 0.3) is 5.91 Å². The third-order valence-corrected chi connectivity index (χ3v) is 7.45. The second-order valence-corrected chi connectivity index (χ2v) is 9.91. The predicted octanol–water partition coefficient (Wildman–Crippen LogP) is 6.22. The first-order valence-corrected chi connectivity index (χ1v) is 12.5. The van der Waals surface area contributed by atoms with E-state index < -0.39 is 5.91 Å². The number of fused-ring (bicyclic) bond motifs is 2. The smallest absolute Gasteiger partial charge is 0.283 e. The number of aliphatic imine (C=N–C) groups is 1. The van der Waals surface area contributed by atoms with Gasteiger partial charge in [-0.25, -0.2) is 0 Å². The third kappa shape index (κ3) is 3.60. The molecule has 0 saturated heterocycles. The molecule has 3 aromatic carbocycles. The van der Waals surface area contributed by atoms with E-state index in [0.717, 1.165) is 44.2 Å². The van der Waals surface area contributed by atoms with E-state index in [-0.39, 0.29) is 11.4 Å². The van der Waals surface area contributed by atoms with Crippen molar-refractivity contribution in [1.82, 2.24) is 9.58 Å². The molecule has 6 nitrogen and oxygen atoms in total. The van der Waals surface area contributed by atoms with E-state index in [1.165, 1.54) is 22.2 Å². The maximum atomic E-state index is 13.0. The van der Waals surface area contributed by atoms with Crippen molar-refractivity contribution in [3.8, 4) is 5.69 Å². The van der Waals surface area contributed by atoms with Gasteiger partial charge < -0.3 is 4.57 Å². The lowest BCUT2D eigenvalue weighted by Gasteiger charge is -2.20. The molecule has 6 rings (SSSR count). The molecule has 0 radical (unpaired) electrons. The summed E-state index contributed by atoms with van der Waals surface area (Å²) >= 11 is 1.31. The first-order valence-electron chi connectivity index (χ1n) is 11.6. The lowest BCUT2D eigenvalue weighted by molar-refractivity contribution is -0.114. The Morgan fingerprint density at radius 1 is 0.944 bits per heavy atom. The Kier molecular flexibility index (Phi) is 5.23. The van der Waals surface area contributed by atoms with Gasteiger partial charge in [0.05, 0.1) is 11.3 Å². The van der Waals surface area contributed by atoms with Gasteiger partial charge in [0.1, 0.15) is 5.04 Å². The number of carbonyl (C=O) groups excluding carboxylic acids is 1. The Morgan fingerprint density at radius 2 is 1.72 bits per heavy atom. The fraction of sp³-hybridized carbons (Fsp3) is 0.103. The zero-order valence-corrected chi connectivity index (χ0v) is 20.9. The molecule has 1 aromatic heterocycles. The summed E-state index contributed by atoms with van der Waals surface area (Å²) in [7, 11) is 0. The molecule has 0 bridgehead atoms. The van der Waals surface area contributed by atoms with Gasteiger partial charge >= 0.3 is 0 Å². The lowest BCUT2D eigenvalue weighted by Crippen LogP contribution is -2.35. The van der Waals surface area contributed by atoms with Crippen molar-refractivity contribution in [2.75, 3.05) is 0 Å². The van der Waals surface area contributed by atoms with Crippen molar-refractivity contribution in [1.29, 1.82) is 5.41 Å². The molecule has 0 fully saturated rings. The number of aryl methyl sites for hydroxylation is 2. The molecule has 36 heavy (non-hydrogen) atoms. The first kappa shape index (κ1) is 22.2. The molecule has 0 aliphatic carbocycles. The maximum Gasteiger partial charge on any atom is 0.283 e. The van der Waals surface area contributed by atoms with Crippen molar-refractivity contribution in [3.63, 3.8) is 0 Å². The van der Waals surface area contributed by atoms with E-state index in [2.05, 4.69) is 51.9 Å². The van der Waals surface area contributed by atoms with Crippen LogP contribution in [0.2, 0.25) is 0 Å². The van der Waals surface area contributed by atoms with E-state index in [1.807, 2.05) is 56.3 Å². The molecule has 0 atom stereocenters. The van der Waals surface area contributed by atoms with Crippen LogP contribution in [-0.4, -0.2) is 31.5 Å². The van der Waals surface area contributed by atoms with Gasteiger partial charge in [-0.15, -0.1) is 0 Å². The minimum atomic E-state index is -0.422. The summed E-state index contributed by atoms with van der Waals surface area (Å²) in [4.78, 5) is 17.3. The average Bonchev–Trinajstić information content (AvgIpc) is 3.42. The molecule has 1 N–H and O–H groups in total. The van der Waals surface area contributed by atoms with Gasteiger partial charge in [-0.05, 0) is 67.8 Å². The normalized spacial score (nSPS) is 16.5. The fourth-order valence-electron chi connectivity index (χ4n) is 4.75. The number of nitrogens with zero attached hydrogens (tertiary/aromatic N) is 4. The monoisotopic (exact) mass is 489 g/mol. The molecule has 2 aliphatic rings. The van der Waals surface area contributed by atoms with Crippen LogP contribution >= 0.6 is 11.8 Å². The number of hydrogen-bond acceptors (Lipinski definition) is 4. The third-order valence-electron chi connectivity index (χ3n) is 6.50. The van der Waals surface area contributed by atoms with Crippen molar-refractivity contribution < 1.29 is 4.79 Å². The molecule has 3 heterocycles. The zero-order chi connectivity index (χ0) is 25.0. The van der Waals surface area contributed by atoms with Crippen LogP contribution in [0, 0.1) is 26.2 Å². The van der Waals surface area contributed by atoms with Crippen LogP contribution in [0.25, 0.3) is 22.5 Å². The molecule has 0 unspecified atom stereocenters. The number of aromatic nitrogens is 1. The molecule has 2 aliphatic heterocycles. The second kappa shape index (κ2) is 8.46. The highest BCUT2D eigenvalue weighted by Gasteiger charge is 2.36. The molecule has 176 valence electrons. The lowest BCUT2D eigenvalue weighted by atomic mass is 10.1. The standard InChI is InChI=1S/C29H23N5OS/c1-17-8-6-11-21(14-17)28-32-34-26(30)24(27(35)31-29(34)36-28)16-22-15-18(2)33(19(22)3)25-13-7-10-20-9-4-5-12-23(20)25/h4-16,30H,1-3H3/b24-16+,30-26?. The first-order chi connectivity index (χ1) is 17.4. The van der Waals surface area contributed by atoms with Crippen LogP contribution in [0.5, 0.6) is 0 Å².